The Morgan fingerprint density at radius 1 is 0.971 bits per heavy atom. The predicted molar refractivity (Wildman–Crippen MR) is 140 cm³/mol. The second-order valence-electron chi connectivity index (χ2n) is 8.97. The monoisotopic (exact) mass is 465 g/mol. The second kappa shape index (κ2) is 9.14. The molecule has 0 fully saturated rings. The van der Waals surface area contributed by atoms with Gasteiger partial charge in [0.1, 0.15) is 18.1 Å². The van der Waals surface area contributed by atoms with Gasteiger partial charge in [0.15, 0.2) is 0 Å². The van der Waals surface area contributed by atoms with Gasteiger partial charge in [0.2, 0.25) is 0 Å². The zero-order valence-electron chi connectivity index (χ0n) is 19.7. The first-order valence-electron chi connectivity index (χ1n) is 11.6. The molecule has 3 N–H and O–H groups in total. The number of rotatable bonds is 7. The van der Waals surface area contributed by atoms with E-state index in [1.165, 1.54) is 0 Å². The van der Waals surface area contributed by atoms with Crippen molar-refractivity contribution in [3.8, 4) is 16.9 Å². The third-order valence-corrected chi connectivity index (χ3v) is 6.20. The van der Waals surface area contributed by atoms with Crippen molar-refractivity contribution in [2.24, 2.45) is 0 Å². The molecule has 0 aliphatic carbocycles. The van der Waals surface area contributed by atoms with E-state index in [2.05, 4.69) is 56.3 Å². The summed E-state index contributed by atoms with van der Waals surface area (Å²) in [4.78, 5) is 11.2. The van der Waals surface area contributed by atoms with E-state index in [0.29, 0.717) is 11.3 Å². The predicted octanol–water partition coefficient (Wildman–Crippen LogP) is 6.23. The molecule has 6 heteroatoms. The summed E-state index contributed by atoms with van der Waals surface area (Å²) in [5.41, 5.74) is 11.6. The number of nitrogens with zero attached hydrogens (tertiary/aromatic N) is 2. The molecule has 0 bridgehead atoms. The number of ether oxygens (including phenoxy) is 1. The molecule has 35 heavy (non-hydrogen) atoms. The number of carbonyl (C=O) groups is 1. The summed E-state index contributed by atoms with van der Waals surface area (Å²) in [7, 11) is 0. The molecule has 0 atom stereocenters. The highest BCUT2D eigenvalue weighted by atomic mass is 16.5. The van der Waals surface area contributed by atoms with E-state index in [4.69, 9.17) is 15.6 Å². The molecule has 6 nitrogen and oxygen atoms in total. The molecule has 176 valence electrons. The van der Waals surface area contributed by atoms with Gasteiger partial charge >= 0.3 is 5.97 Å². The van der Waals surface area contributed by atoms with Gasteiger partial charge in [-0.3, -0.25) is 9.48 Å². The van der Waals surface area contributed by atoms with Crippen LogP contribution < -0.4 is 10.5 Å². The van der Waals surface area contributed by atoms with E-state index in [-0.39, 0.29) is 19.1 Å². The van der Waals surface area contributed by atoms with Gasteiger partial charge in [0, 0.05) is 28.1 Å². The number of nitrogen functional groups attached to an aromatic ring is 1. The Balaban J connectivity index is 1.54. The Bertz CT molecular complexity index is 1550. The Hall–Kier alpha value is -4.32. The van der Waals surface area contributed by atoms with Crippen molar-refractivity contribution >= 4 is 33.3 Å². The quantitative estimate of drug-likeness (QED) is 0.278. The zero-order chi connectivity index (χ0) is 24.5. The van der Waals surface area contributed by atoms with E-state index >= 15 is 0 Å². The lowest BCUT2D eigenvalue weighted by molar-refractivity contribution is -0.136. The molecule has 0 saturated heterocycles. The fraction of sp³-hybridized carbons (Fsp3) is 0.172. The van der Waals surface area contributed by atoms with E-state index in [0.717, 1.165) is 44.2 Å². The van der Waals surface area contributed by atoms with Gasteiger partial charge in [-0.1, -0.05) is 48.5 Å². The molecule has 5 aromatic rings. The van der Waals surface area contributed by atoms with Gasteiger partial charge in [-0.2, -0.15) is 5.10 Å². The van der Waals surface area contributed by atoms with Crippen LogP contribution >= 0.6 is 0 Å². The van der Waals surface area contributed by atoms with Crippen molar-refractivity contribution in [3.63, 3.8) is 0 Å². The SMILES string of the molecule is CC(C)n1nc(COc2ccccc2CC(=O)O)c2cc(-c3ccc4cccc(N)c4c3)ccc21. The van der Waals surface area contributed by atoms with Crippen molar-refractivity contribution in [1.29, 1.82) is 0 Å². The summed E-state index contributed by atoms with van der Waals surface area (Å²) >= 11 is 0. The fourth-order valence-corrected chi connectivity index (χ4v) is 4.46. The van der Waals surface area contributed by atoms with Gasteiger partial charge in [-0.25, -0.2) is 0 Å². The van der Waals surface area contributed by atoms with Crippen LogP contribution in [-0.4, -0.2) is 20.9 Å². The topological polar surface area (TPSA) is 90.4 Å². The lowest BCUT2D eigenvalue weighted by atomic mass is 9.99. The average Bonchev–Trinajstić information content (AvgIpc) is 3.21. The summed E-state index contributed by atoms with van der Waals surface area (Å²) in [5.74, 6) is -0.334. The molecular formula is C29H27N3O3. The van der Waals surface area contributed by atoms with Crippen LogP contribution in [0.3, 0.4) is 0 Å². The van der Waals surface area contributed by atoms with Crippen molar-refractivity contribution in [2.45, 2.75) is 32.9 Å². The van der Waals surface area contributed by atoms with Crippen LogP contribution in [0.25, 0.3) is 32.8 Å². The highest BCUT2D eigenvalue weighted by Crippen LogP contribution is 2.32. The average molecular weight is 466 g/mol. The molecule has 0 unspecified atom stereocenters. The smallest absolute Gasteiger partial charge is 0.307 e. The molecule has 0 amide bonds. The van der Waals surface area contributed by atoms with E-state index in [9.17, 15) is 9.90 Å². The first-order valence-corrected chi connectivity index (χ1v) is 11.6. The largest absolute Gasteiger partial charge is 0.487 e. The highest BCUT2D eigenvalue weighted by molar-refractivity contribution is 5.97. The lowest BCUT2D eigenvalue weighted by Crippen LogP contribution is -2.06. The molecule has 0 radical (unpaired) electrons. The Kier molecular flexibility index (Phi) is 5.87. The zero-order valence-corrected chi connectivity index (χ0v) is 19.7. The molecule has 5 rings (SSSR count). The minimum Gasteiger partial charge on any atom is -0.487 e. The summed E-state index contributed by atoms with van der Waals surface area (Å²) in [6, 6.07) is 26.0. The van der Waals surface area contributed by atoms with Gasteiger partial charge in [0.05, 0.1) is 11.9 Å². The van der Waals surface area contributed by atoms with Crippen molar-refractivity contribution < 1.29 is 14.6 Å². The molecule has 4 aromatic carbocycles. The van der Waals surface area contributed by atoms with Gasteiger partial charge < -0.3 is 15.6 Å². The number of aliphatic carboxylic acids is 1. The highest BCUT2D eigenvalue weighted by Gasteiger charge is 2.16. The first-order chi connectivity index (χ1) is 16.9. The van der Waals surface area contributed by atoms with Crippen LogP contribution in [0.5, 0.6) is 5.75 Å². The molecule has 0 spiro atoms. The lowest BCUT2D eigenvalue weighted by Gasteiger charge is -2.10. The van der Waals surface area contributed by atoms with Crippen LogP contribution in [0.1, 0.15) is 31.1 Å². The summed E-state index contributed by atoms with van der Waals surface area (Å²) < 4.78 is 8.09. The third kappa shape index (κ3) is 4.43. The second-order valence-corrected chi connectivity index (χ2v) is 8.97. The van der Waals surface area contributed by atoms with Gasteiger partial charge in [-0.05, 0) is 60.7 Å². The minimum absolute atomic E-state index is 0.0907. The third-order valence-electron chi connectivity index (χ3n) is 6.20. The maximum absolute atomic E-state index is 11.2. The number of aromatic nitrogens is 2. The normalized spacial score (nSPS) is 11.4. The Morgan fingerprint density at radius 2 is 1.71 bits per heavy atom. The van der Waals surface area contributed by atoms with Crippen LogP contribution in [-0.2, 0) is 17.8 Å². The molecule has 0 aliphatic heterocycles. The number of fused-ring (bicyclic) bond motifs is 2. The number of anilines is 1. The number of carboxylic acid groups (broad SMARTS) is 1. The number of nitrogens with two attached hydrogens (primary N) is 1. The van der Waals surface area contributed by atoms with E-state index < -0.39 is 5.97 Å². The van der Waals surface area contributed by atoms with Crippen LogP contribution in [0.15, 0.2) is 78.9 Å². The van der Waals surface area contributed by atoms with Crippen molar-refractivity contribution in [3.05, 3.63) is 90.1 Å². The number of benzene rings is 4. The summed E-state index contributed by atoms with van der Waals surface area (Å²) in [5, 5.41) is 17.2. The molecule has 1 heterocycles. The summed E-state index contributed by atoms with van der Waals surface area (Å²) in [6.45, 7) is 4.43. The van der Waals surface area contributed by atoms with Crippen LogP contribution in [0.4, 0.5) is 5.69 Å². The standard InChI is InChI=1S/C29H27N3O3/c1-18(2)32-27-13-12-21(20-11-10-19-7-5-8-25(30)23(19)14-20)15-24(27)26(31-32)17-35-28-9-4-3-6-22(28)16-29(33)34/h3-15,18H,16-17,30H2,1-2H3,(H,33,34). The van der Waals surface area contributed by atoms with Gasteiger partial charge in [-0.15, -0.1) is 0 Å². The Morgan fingerprint density at radius 3 is 2.49 bits per heavy atom. The summed E-state index contributed by atoms with van der Waals surface area (Å²) in [6.07, 6.45) is -0.0907. The number of carboxylic acids is 1. The Labute approximate surface area is 203 Å². The van der Waals surface area contributed by atoms with Gasteiger partial charge in [0.25, 0.3) is 0 Å². The first kappa shape index (κ1) is 22.5. The van der Waals surface area contributed by atoms with Crippen LogP contribution in [0.2, 0.25) is 0 Å². The molecular weight excluding hydrogens is 438 g/mol. The molecule has 0 saturated carbocycles. The van der Waals surface area contributed by atoms with Crippen LogP contribution in [0, 0.1) is 0 Å². The van der Waals surface area contributed by atoms with Crippen molar-refractivity contribution in [1.82, 2.24) is 9.78 Å². The van der Waals surface area contributed by atoms with Crippen molar-refractivity contribution in [2.75, 3.05) is 5.73 Å². The number of hydrogen-bond acceptors (Lipinski definition) is 4. The maximum Gasteiger partial charge on any atom is 0.307 e. The fourth-order valence-electron chi connectivity index (χ4n) is 4.46. The molecule has 1 aromatic heterocycles. The minimum atomic E-state index is -0.892. The number of para-hydroxylation sites is 1. The van der Waals surface area contributed by atoms with E-state index in [1.807, 2.05) is 28.9 Å². The number of hydrogen-bond donors (Lipinski definition) is 2. The maximum atomic E-state index is 11.2. The molecule has 0 aliphatic rings. The van der Waals surface area contributed by atoms with E-state index in [1.54, 1.807) is 12.1 Å².